The molecule has 0 unspecified atom stereocenters. The topological polar surface area (TPSA) is 61.8 Å². The molecular weight excluding hydrogens is 520 g/mol. The van der Waals surface area contributed by atoms with Crippen molar-refractivity contribution >= 4 is 27.9 Å². The highest BCUT2D eigenvalue weighted by molar-refractivity contribution is 9.10. The van der Waals surface area contributed by atoms with Crippen LogP contribution in [0.15, 0.2) is 108 Å². The van der Waals surface area contributed by atoms with E-state index >= 15 is 0 Å². The maximum Gasteiger partial charge on any atom is 0.343 e. The largest absolute Gasteiger partial charge is 0.492 e. The van der Waals surface area contributed by atoms with Gasteiger partial charge in [-0.2, -0.15) is 0 Å². The van der Waals surface area contributed by atoms with Gasteiger partial charge in [-0.25, -0.2) is 9.59 Å². The lowest BCUT2D eigenvalue weighted by Crippen LogP contribution is -2.11. The molecular formula is C30H25BrO5. The molecule has 4 rings (SSSR count). The summed E-state index contributed by atoms with van der Waals surface area (Å²) in [6, 6.07) is 31.3. The molecule has 0 aliphatic heterocycles. The van der Waals surface area contributed by atoms with Crippen molar-refractivity contribution in [3.63, 3.8) is 0 Å². The maximum atomic E-state index is 12.7. The van der Waals surface area contributed by atoms with Gasteiger partial charge in [0.2, 0.25) is 0 Å². The van der Waals surface area contributed by atoms with Crippen LogP contribution in [0.4, 0.5) is 0 Å². The third-order valence-electron chi connectivity index (χ3n) is 5.41. The number of halogens is 1. The molecule has 182 valence electrons. The van der Waals surface area contributed by atoms with Crippen LogP contribution in [-0.4, -0.2) is 25.2 Å². The quantitative estimate of drug-likeness (QED) is 0.164. The van der Waals surface area contributed by atoms with Gasteiger partial charge in [-0.05, 0) is 63.5 Å². The lowest BCUT2D eigenvalue weighted by molar-refractivity contribution is 0.0507. The van der Waals surface area contributed by atoms with Crippen molar-refractivity contribution in [1.82, 2.24) is 0 Å². The first-order valence-electron chi connectivity index (χ1n) is 11.6. The lowest BCUT2D eigenvalue weighted by atomic mass is 10.2. The van der Waals surface area contributed by atoms with Gasteiger partial charge in [-0.15, -0.1) is 0 Å². The molecule has 4 aromatic rings. The molecule has 0 N–H and O–H groups in total. The molecule has 0 amide bonds. The Bertz CT molecular complexity index is 1310. The molecule has 0 aliphatic rings. The predicted molar refractivity (Wildman–Crippen MR) is 142 cm³/mol. The summed E-state index contributed by atoms with van der Waals surface area (Å²) in [4.78, 5) is 25.1. The van der Waals surface area contributed by atoms with Crippen LogP contribution in [-0.2, 0) is 17.6 Å². The molecule has 0 aromatic heterocycles. The second-order valence-corrected chi connectivity index (χ2v) is 8.87. The Labute approximate surface area is 218 Å². The average molecular weight is 545 g/mol. The number of carbonyl (C=O) groups is 2. The SMILES string of the molecule is O=C(OCCc1ccccc1)c1cccc(OC(=O)c2ccc(OCCc3ccccc3)c(Br)c2)c1. The first-order valence-corrected chi connectivity index (χ1v) is 12.4. The number of ether oxygens (including phenoxy) is 3. The Morgan fingerprint density at radius 2 is 1.28 bits per heavy atom. The Kier molecular flexibility index (Phi) is 8.89. The molecule has 0 heterocycles. The summed E-state index contributed by atoms with van der Waals surface area (Å²) >= 11 is 3.46. The van der Waals surface area contributed by atoms with Gasteiger partial charge in [-0.3, -0.25) is 0 Å². The second-order valence-electron chi connectivity index (χ2n) is 8.02. The van der Waals surface area contributed by atoms with E-state index in [1.807, 2.05) is 48.5 Å². The molecule has 0 saturated carbocycles. The van der Waals surface area contributed by atoms with E-state index in [1.165, 1.54) is 11.6 Å². The van der Waals surface area contributed by atoms with Crippen molar-refractivity contribution in [1.29, 1.82) is 0 Å². The molecule has 0 spiro atoms. The fourth-order valence-electron chi connectivity index (χ4n) is 3.51. The van der Waals surface area contributed by atoms with Crippen molar-refractivity contribution in [3.8, 4) is 11.5 Å². The van der Waals surface area contributed by atoms with Crippen LogP contribution in [0.2, 0.25) is 0 Å². The van der Waals surface area contributed by atoms with E-state index < -0.39 is 11.9 Å². The second kappa shape index (κ2) is 12.7. The highest BCUT2D eigenvalue weighted by Gasteiger charge is 2.14. The van der Waals surface area contributed by atoms with Crippen LogP contribution >= 0.6 is 15.9 Å². The molecule has 4 aromatic carbocycles. The molecule has 0 bridgehead atoms. The predicted octanol–water partition coefficient (Wildman–Crippen LogP) is 6.69. The average Bonchev–Trinajstić information content (AvgIpc) is 2.91. The zero-order valence-corrected chi connectivity index (χ0v) is 21.1. The van der Waals surface area contributed by atoms with Gasteiger partial charge in [0.15, 0.2) is 0 Å². The fraction of sp³-hybridized carbons (Fsp3) is 0.133. The van der Waals surface area contributed by atoms with Crippen molar-refractivity contribution in [2.24, 2.45) is 0 Å². The van der Waals surface area contributed by atoms with E-state index in [9.17, 15) is 9.59 Å². The van der Waals surface area contributed by atoms with Crippen LogP contribution in [0.3, 0.4) is 0 Å². The molecule has 0 atom stereocenters. The first-order chi connectivity index (χ1) is 17.6. The number of rotatable bonds is 10. The number of hydrogen-bond acceptors (Lipinski definition) is 5. The van der Waals surface area contributed by atoms with Gasteiger partial charge < -0.3 is 14.2 Å². The molecule has 0 saturated heterocycles. The summed E-state index contributed by atoms with van der Waals surface area (Å²) in [6.45, 7) is 0.779. The molecule has 0 radical (unpaired) electrons. The summed E-state index contributed by atoms with van der Waals surface area (Å²) in [5.74, 6) is -0.107. The van der Waals surface area contributed by atoms with Crippen LogP contribution in [0.25, 0.3) is 0 Å². The number of benzene rings is 4. The molecule has 36 heavy (non-hydrogen) atoms. The highest BCUT2D eigenvalue weighted by atomic mass is 79.9. The monoisotopic (exact) mass is 544 g/mol. The van der Waals surface area contributed by atoms with E-state index in [1.54, 1.807) is 36.4 Å². The van der Waals surface area contributed by atoms with Crippen molar-refractivity contribution in [3.05, 3.63) is 130 Å². The van der Waals surface area contributed by atoms with Crippen LogP contribution < -0.4 is 9.47 Å². The minimum Gasteiger partial charge on any atom is -0.492 e. The number of carbonyl (C=O) groups excluding carboxylic acids is 2. The molecule has 0 aliphatic carbocycles. The summed E-state index contributed by atoms with van der Waals surface area (Å²) in [7, 11) is 0. The van der Waals surface area contributed by atoms with Crippen LogP contribution in [0.1, 0.15) is 31.8 Å². The molecule has 5 nitrogen and oxygen atoms in total. The van der Waals surface area contributed by atoms with Crippen molar-refractivity contribution in [2.45, 2.75) is 12.8 Å². The first kappa shape index (κ1) is 25.2. The highest BCUT2D eigenvalue weighted by Crippen LogP contribution is 2.27. The van der Waals surface area contributed by atoms with Crippen molar-refractivity contribution < 1.29 is 23.8 Å². The lowest BCUT2D eigenvalue weighted by Gasteiger charge is -2.10. The molecule has 6 heteroatoms. The number of esters is 2. The van der Waals surface area contributed by atoms with Gasteiger partial charge in [0.05, 0.1) is 28.8 Å². The number of hydrogen-bond donors (Lipinski definition) is 0. The van der Waals surface area contributed by atoms with E-state index in [2.05, 4.69) is 28.1 Å². The van der Waals surface area contributed by atoms with E-state index in [0.29, 0.717) is 34.4 Å². The fourth-order valence-corrected chi connectivity index (χ4v) is 4.00. The Morgan fingerprint density at radius 1 is 0.639 bits per heavy atom. The normalized spacial score (nSPS) is 10.5. The van der Waals surface area contributed by atoms with Crippen molar-refractivity contribution in [2.75, 3.05) is 13.2 Å². The summed E-state index contributed by atoms with van der Waals surface area (Å²) < 4.78 is 17.4. The summed E-state index contributed by atoms with van der Waals surface area (Å²) in [5.41, 5.74) is 2.95. The zero-order chi connectivity index (χ0) is 25.2. The third-order valence-corrected chi connectivity index (χ3v) is 6.03. The third kappa shape index (κ3) is 7.30. The van der Waals surface area contributed by atoms with E-state index in [0.717, 1.165) is 12.0 Å². The Hall–Kier alpha value is -3.90. The maximum absolute atomic E-state index is 12.7. The zero-order valence-electron chi connectivity index (χ0n) is 19.6. The minimum absolute atomic E-state index is 0.261. The van der Waals surface area contributed by atoms with Crippen LogP contribution in [0, 0.1) is 0 Å². The summed E-state index contributed by atoms with van der Waals surface area (Å²) in [6.07, 6.45) is 1.41. The summed E-state index contributed by atoms with van der Waals surface area (Å²) in [5, 5.41) is 0. The van der Waals surface area contributed by atoms with Gasteiger partial charge in [0, 0.05) is 12.8 Å². The molecule has 0 fully saturated rings. The Balaban J connectivity index is 1.30. The smallest absolute Gasteiger partial charge is 0.343 e. The standard InChI is InChI=1S/C30H25BrO5/c31-27-21-25(14-15-28(27)34-18-16-22-8-3-1-4-9-22)30(33)36-26-13-7-12-24(20-26)29(32)35-19-17-23-10-5-2-6-11-23/h1-15,20-21H,16-19H2. The minimum atomic E-state index is -0.541. The van der Waals surface area contributed by atoms with E-state index in [4.69, 9.17) is 14.2 Å². The van der Waals surface area contributed by atoms with E-state index in [-0.39, 0.29) is 12.4 Å². The van der Waals surface area contributed by atoms with Gasteiger partial charge in [-0.1, -0.05) is 66.7 Å². The van der Waals surface area contributed by atoms with Crippen LogP contribution in [0.5, 0.6) is 11.5 Å². The Morgan fingerprint density at radius 3 is 1.94 bits per heavy atom. The van der Waals surface area contributed by atoms with Gasteiger partial charge in [0.25, 0.3) is 0 Å². The van der Waals surface area contributed by atoms with Gasteiger partial charge >= 0.3 is 11.9 Å². The van der Waals surface area contributed by atoms with Gasteiger partial charge in [0.1, 0.15) is 11.5 Å².